The predicted molar refractivity (Wildman–Crippen MR) is 72.3 cm³/mol. The quantitative estimate of drug-likeness (QED) is 0.871. The Morgan fingerprint density at radius 1 is 1.39 bits per heavy atom. The summed E-state index contributed by atoms with van der Waals surface area (Å²) in [4.78, 5) is 4.11. The summed E-state index contributed by atoms with van der Waals surface area (Å²) in [6.07, 6.45) is 5.36. The molecule has 1 unspecified atom stereocenters. The number of pyridine rings is 1. The van der Waals surface area contributed by atoms with Gasteiger partial charge in [-0.05, 0) is 38.0 Å². The van der Waals surface area contributed by atoms with E-state index < -0.39 is 0 Å². The van der Waals surface area contributed by atoms with Crippen molar-refractivity contribution in [3.63, 3.8) is 0 Å². The Labute approximate surface area is 108 Å². The Morgan fingerprint density at radius 3 is 2.89 bits per heavy atom. The molecule has 4 nitrogen and oxygen atoms in total. The number of rotatable bonds is 5. The molecule has 0 aliphatic rings. The monoisotopic (exact) mass is 244 g/mol. The molecule has 0 aliphatic carbocycles. The van der Waals surface area contributed by atoms with Gasteiger partial charge < -0.3 is 5.73 Å². The smallest absolute Gasteiger partial charge is 0.0596 e. The highest BCUT2D eigenvalue weighted by Crippen LogP contribution is 2.09. The predicted octanol–water partition coefficient (Wildman–Crippen LogP) is 1.72. The number of nitrogens with two attached hydrogens (primary N) is 1. The van der Waals surface area contributed by atoms with Gasteiger partial charge in [0.15, 0.2) is 0 Å². The van der Waals surface area contributed by atoms with Crippen LogP contribution in [0.1, 0.15) is 23.9 Å². The summed E-state index contributed by atoms with van der Waals surface area (Å²) in [6, 6.07) is 6.24. The summed E-state index contributed by atoms with van der Waals surface area (Å²) in [5.41, 5.74) is 9.66. The SMILES string of the molecule is CCn1nc(C)cc1CC(N)Cc1cccnc1. The highest BCUT2D eigenvalue weighted by Gasteiger charge is 2.10. The van der Waals surface area contributed by atoms with Gasteiger partial charge in [-0.15, -0.1) is 0 Å². The van der Waals surface area contributed by atoms with Crippen molar-refractivity contribution in [1.29, 1.82) is 0 Å². The molecule has 2 N–H and O–H groups in total. The van der Waals surface area contributed by atoms with Gasteiger partial charge in [0.2, 0.25) is 0 Å². The molecule has 0 radical (unpaired) electrons. The van der Waals surface area contributed by atoms with Crippen LogP contribution in [0.5, 0.6) is 0 Å². The average molecular weight is 244 g/mol. The number of aromatic nitrogens is 3. The van der Waals surface area contributed by atoms with Gasteiger partial charge in [0.25, 0.3) is 0 Å². The van der Waals surface area contributed by atoms with Gasteiger partial charge in [0.1, 0.15) is 0 Å². The minimum Gasteiger partial charge on any atom is -0.327 e. The van der Waals surface area contributed by atoms with Gasteiger partial charge in [-0.25, -0.2) is 0 Å². The molecule has 0 aliphatic heterocycles. The van der Waals surface area contributed by atoms with Crippen LogP contribution < -0.4 is 5.73 Å². The number of nitrogens with zero attached hydrogens (tertiary/aromatic N) is 3. The summed E-state index contributed by atoms with van der Waals surface area (Å²) in [6.45, 7) is 5.01. The lowest BCUT2D eigenvalue weighted by molar-refractivity contribution is 0.574. The van der Waals surface area contributed by atoms with Crippen LogP contribution in [-0.2, 0) is 19.4 Å². The minimum absolute atomic E-state index is 0.107. The van der Waals surface area contributed by atoms with Gasteiger partial charge >= 0.3 is 0 Å². The van der Waals surface area contributed by atoms with E-state index in [2.05, 4.69) is 29.1 Å². The molecule has 0 bridgehead atoms. The third-order valence-electron chi connectivity index (χ3n) is 2.98. The molecule has 0 spiro atoms. The fraction of sp³-hybridized carbons (Fsp3) is 0.429. The molecule has 2 aromatic heterocycles. The summed E-state index contributed by atoms with van der Waals surface area (Å²) in [5, 5.41) is 4.44. The van der Waals surface area contributed by atoms with Gasteiger partial charge in [-0.1, -0.05) is 6.07 Å². The average Bonchev–Trinajstić information content (AvgIpc) is 2.70. The van der Waals surface area contributed by atoms with E-state index >= 15 is 0 Å². The Morgan fingerprint density at radius 2 is 2.22 bits per heavy atom. The van der Waals surface area contributed by atoms with E-state index in [1.165, 1.54) is 11.3 Å². The lowest BCUT2D eigenvalue weighted by atomic mass is 10.0. The molecule has 4 heteroatoms. The zero-order chi connectivity index (χ0) is 13.0. The molecule has 2 aromatic rings. The van der Waals surface area contributed by atoms with Gasteiger partial charge in [-0.3, -0.25) is 9.67 Å². The van der Waals surface area contributed by atoms with Crippen molar-refractivity contribution in [2.75, 3.05) is 0 Å². The van der Waals surface area contributed by atoms with Gasteiger partial charge in [0.05, 0.1) is 5.69 Å². The Hall–Kier alpha value is -1.68. The zero-order valence-electron chi connectivity index (χ0n) is 11.0. The van der Waals surface area contributed by atoms with Crippen LogP contribution in [0.4, 0.5) is 0 Å². The van der Waals surface area contributed by atoms with Crippen LogP contribution in [0.2, 0.25) is 0 Å². The standard InChI is InChI=1S/C14H20N4/c1-3-18-14(7-11(2)17-18)9-13(15)8-12-5-4-6-16-10-12/h4-7,10,13H,3,8-9,15H2,1-2H3. The molecular formula is C14H20N4. The Bertz CT molecular complexity index is 490. The van der Waals surface area contributed by atoms with Crippen LogP contribution in [0.3, 0.4) is 0 Å². The van der Waals surface area contributed by atoms with Crippen LogP contribution >= 0.6 is 0 Å². The fourth-order valence-electron chi connectivity index (χ4n) is 2.20. The number of hydrogen-bond donors (Lipinski definition) is 1. The Balaban J connectivity index is 2.00. The summed E-state index contributed by atoms with van der Waals surface area (Å²) < 4.78 is 2.03. The Kier molecular flexibility index (Phi) is 4.10. The maximum atomic E-state index is 6.20. The second-order valence-corrected chi connectivity index (χ2v) is 4.62. The fourth-order valence-corrected chi connectivity index (χ4v) is 2.20. The second kappa shape index (κ2) is 5.78. The molecule has 0 fully saturated rings. The third kappa shape index (κ3) is 3.17. The van der Waals surface area contributed by atoms with E-state index in [0.29, 0.717) is 0 Å². The second-order valence-electron chi connectivity index (χ2n) is 4.62. The van der Waals surface area contributed by atoms with E-state index in [1.807, 2.05) is 23.9 Å². The van der Waals surface area contributed by atoms with Crippen LogP contribution in [0.25, 0.3) is 0 Å². The molecule has 18 heavy (non-hydrogen) atoms. The summed E-state index contributed by atoms with van der Waals surface area (Å²) >= 11 is 0. The largest absolute Gasteiger partial charge is 0.327 e. The summed E-state index contributed by atoms with van der Waals surface area (Å²) in [5.74, 6) is 0. The molecule has 1 atom stereocenters. The highest BCUT2D eigenvalue weighted by molar-refractivity contribution is 5.14. The lowest BCUT2D eigenvalue weighted by Crippen LogP contribution is -2.26. The van der Waals surface area contributed by atoms with Crippen LogP contribution in [-0.4, -0.2) is 20.8 Å². The topological polar surface area (TPSA) is 56.7 Å². The van der Waals surface area contributed by atoms with Crippen molar-refractivity contribution >= 4 is 0 Å². The maximum absolute atomic E-state index is 6.20. The van der Waals surface area contributed by atoms with Gasteiger partial charge in [-0.2, -0.15) is 5.10 Å². The molecule has 0 saturated carbocycles. The maximum Gasteiger partial charge on any atom is 0.0596 e. The zero-order valence-corrected chi connectivity index (χ0v) is 11.0. The molecule has 2 rings (SSSR count). The van der Waals surface area contributed by atoms with Crippen molar-refractivity contribution in [3.8, 4) is 0 Å². The first-order chi connectivity index (χ1) is 8.69. The van der Waals surface area contributed by atoms with Crippen molar-refractivity contribution in [2.45, 2.75) is 39.3 Å². The molecule has 96 valence electrons. The molecule has 0 amide bonds. The third-order valence-corrected chi connectivity index (χ3v) is 2.98. The van der Waals surface area contributed by atoms with E-state index in [0.717, 1.165) is 25.1 Å². The van der Waals surface area contributed by atoms with E-state index in [-0.39, 0.29) is 6.04 Å². The normalized spacial score (nSPS) is 12.6. The lowest BCUT2D eigenvalue weighted by Gasteiger charge is -2.12. The minimum atomic E-state index is 0.107. The van der Waals surface area contributed by atoms with Crippen molar-refractivity contribution in [2.24, 2.45) is 5.73 Å². The molecular weight excluding hydrogens is 224 g/mol. The van der Waals surface area contributed by atoms with Crippen molar-refractivity contribution < 1.29 is 0 Å². The summed E-state index contributed by atoms with van der Waals surface area (Å²) in [7, 11) is 0. The van der Waals surface area contributed by atoms with E-state index in [1.54, 1.807) is 6.20 Å². The first-order valence-corrected chi connectivity index (χ1v) is 6.37. The molecule has 0 aromatic carbocycles. The molecule has 0 saturated heterocycles. The van der Waals surface area contributed by atoms with Crippen LogP contribution in [0, 0.1) is 6.92 Å². The first-order valence-electron chi connectivity index (χ1n) is 6.37. The first kappa shape index (κ1) is 12.8. The van der Waals surface area contributed by atoms with Crippen molar-refractivity contribution in [3.05, 3.63) is 47.5 Å². The van der Waals surface area contributed by atoms with E-state index in [9.17, 15) is 0 Å². The number of hydrogen-bond acceptors (Lipinski definition) is 3. The van der Waals surface area contributed by atoms with E-state index in [4.69, 9.17) is 5.73 Å². The number of aryl methyl sites for hydroxylation is 2. The van der Waals surface area contributed by atoms with Crippen LogP contribution in [0.15, 0.2) is 30.6 Å². The molecule has 2 heterocycles. The highest BCUT2D eigenvalue weighted by atomic mass is 15.3. The van der Waals surface area contributed by atoms with Crippen molar-refractivity contribution in [1.82, 2.24) is 14.8 Å². The van der Waals surface area contributed by atoms with Gasteiger partial charge in [0, 0.05) is 37.1 Å².